The van der Waals surface area contributed by atoms with Crippen LogP contribution in [0.4, 0.5) is 5.69 Å². The Balaban J connectivity index is 0.00000242. The maximum absolute atomic E-state index is 12.4. The SMILES string of the molecule is Cc1c(NCCS(=O)(=O)[O-])c(=O)n(-c2ccccc2)n1C.[Na+]. The Labute approximate surface area is 151 Å². The van der Waals surface area contributed by atoms with E-state index in [1.807, 2.05) is 18.2 Å². The first-order valence-corrected chi connectivity index (χ1v) is 7.90. The summed E-state index contributed by atoms with van der Waals surface area (Å²) in [7, 11) is -2.57. The van der Waals surface area contributed by atoms with E-state index in [1.165, 1.54) is 4.68 Å². The molecule has 2 aromatic rings. The fourth-order valence-corrected chi connectivity index (χ4v) is 2.42. The van der Waals surface area contributed by atoms with Crippen molar-refractivity contribution in [3.63, 3.8) is 0 Å². The Morgan fingerprint density at radius 1 is 1.23 bits per heavy atom. The third-order valence-corrected chi connectivity index (χ3v) is 3.91. The van der Waals surface area contributed by atoms with Crippen LogP contribution in [0.15, 0.2) is 35.1 Å². The molecule has 0 bridgehead atoms. The predicted molar refractivity (Wildman–Crippen MR) is 78.8 cm³/mol. The minimum absolute atomic E-state index is 0. The second kappa shape index (κ2) is 7.47. The van der Waals surface area contributed by atoms with Gasteiger partial charge in [0, 0.05) is 13.6 Å². The van der Waals surface area contributed by atoms with E-state index >= 15 is 0 Å². The number of hydrogen-bond donors (Lipinski definition) is 1. The summed E-state index contributed by atoms with van der Waals surface area (Å²) in [6, 6.07) is 9.09. The van der Waals surface area contributed by atoms with E-state index in [0.29, 0.717) is 17.1 Å². The van der Waals surface area contributed by atoms with Crippen molar-refractivity contribution < 1.29 is 42.5 Å². The zero-order valence-electron chi connectivity index (χ0n) is 12.7. The molecule has 0 unspecified atom stereocenters. The van der Waals surface area contributed by atoms with Crippen molar-refractivity contribution in [1.82, 2.24) is 9.36 Å². The van der Waals surface area contributed by atoms with Crippen molar-refractivity contribution in [2.24, 2.45) is 7.05 Å². The van der Waals surface area contributed by atoms with Crippen LogP contribution >= 0.6 is 0 Å². The zero-order chi connectivity index (χ0) is 15.6. The third kappa shape index (κ3) is 4.23. The van der Waals surface area contributed by atoms with Gasteiger partial charge in [0.15, 0.2) is 0 Å². The van der Waals surface area contributed by atoms with E-state index in [9.17, 15) is 17.8 Å². The number of nitrogens with zero attached hydrogens (tertiary/aromatic N) is 2. The van der Waals surface area contributed by atoms with Crippen molar-refractivity contribution in [2.75, 3.05) is 17.6 Å². The second-order valence-corrected chi connectivity index (χ2v) is 6.15. The van der Waals surface area contributed by atoms with Gasteiger partial charge in [0.1, 0.15) is 5.69 Å². The zero-order valence-corrected chi connectivity index (χ0v) is 15.6. The molecule has 114 valence electrons. The first kappa shape index (κ1) is 19.0. The first-order chi connectivity index (χ1) is 9.81. The topological polar surface area (TPSA) is 96.2 Å². The molecule has 1 heterocycles. The summed E-state index contributed by atoms with van der Waals surface area (Å²) < 4.78 is 35.0. The summed E-state index contributed by atoms with van der Waals surface area (Å²) in [6.07, 6.45) is 0. The molecular formula is C13H16N3NaO4S. The molecule has 22 heavy (non-hydrogen) atoms. The van der Waals surface area contributed by atoms with Crippen LogP contribution in [0.1, 0.15) is 5.69 Å². The monoisotopic (exact) mass is 333 g/mol. The first-order valence-electron chi connectivity index (χ1n) is 6.33. The van der Waals surface area contributed by atoms with Gasteiger partial charge in [-0.15, -0.1) is 0 Å². The number of benzene rings is 1. The third-order valence-electron chi connectivity index (χ3n) is 3.21. The number of rotatable bonds is 5. The van der Waals surface area contributed by atoms with Crippen LogP contribution in [0.3, 0.4) is 0 Å². The Hall–Kier alpha value is -1.06. The number of anilines is 1. The molecule has 0 saturated heterocycles. The summed E-state index contributed by atoms with van der Waals surface area (Å²) in [5.74, 6) is -0.563. The van der Waals surface area contributed by atoms with Gasteiger partial charge in [-0.3, -0.25) is 9.48 Å². The van der Waals surface area contributed by atoms with E-state index in [-0.39, 0.29) is 41.7 Å². The Bertz CT molecular complexity index is 797. The molecule has 1 aromatic carbocycles. The molecule has 0 saturated carbocycles. The molecule has 1 N–H and O–H groups in total. The van der Waals surface area contributed by atoms with Crippen LogP contribution in [0.25, 0.3) is 5.69 Å². The van der Waals surface area contributed by atoms with Crippen LogP contribution in [0, 0.1) is 6.92 Å². The van der Waals surface area contributed by atoms with E-state index in [1.54, 1.807) is 30.8 Å². The van der Waals surface area contributed by atoms with Gasteiger partial charge < -0.3 is 9.87 Å². The normalized spacial score (nSPS) is 11.0. The summed E-state index contributed by atoms with van der Waals surface area (Å²) in [4.78, 5) is 12.4. The van der Waals surface area contributed by atoms with Crippen LogP contribution in [0.5, 0.6) is 0 Å². The second-order valence-electron chi connectivity index (χ2n) is 4.63. The maximum atomic E-state index is 12.4. The molecule has 0 aliphatic carbocycles. The Kier molecular flexibility index (Phi) is 6.45. The van der Waals surface area contributed by atoms with Crippen molar-refractivity contribution in [3.05, 3.63) is 46.4 Å². The average molecular weight is 333 g/mol. The smallest absolute Gasteiger partial charge is 0.748 e. The van der Waals surface area contributed by atoms with Gasteiger partial charge in [-0.1, -0.05) is 18.2 Å². The number of para-hydroxylation sites is 1. The van der Waals surface area contributed by atoms with Crippen LogP contribution in [0.2, 0.25) is 0 Å². The maximum Gasteiger partial charge on any atom is 1.00 e. The molecule has 2 rings (SSSR count). The van der Waals surface area contributed by atoms with Gasteiger partial charge >= 0.3 is 29.6 Å². The molecule has 0 atom stereocenters. The summed E-state index contributed by atoms with van der Waals surface area (Å²) in [6.45, 7) is 1.65. The van der Waals surface area contributed by atoms with E-state index < -0.39 is 15.9 Å². The molecule has 0 fully saturated rings. The van der Waals surface area contributed by atoms with Gasteiger partial charge in [-0.25, -0.2) is 13.1 Å². The van der Waals surface area contributed by atoms with Crippen LogP contribution in [-0.2, 0) is 17.2 Å². The Morgan fingerprint density at radius 2 is 1.82 bits per heavy atom. The summed E-state index contributed by atoms with van der Waals surface area (Å²) in [5.41, 5.74) is 1.37. The summed E-state index contributed by atoms with van der Waals surface area (Å²) >= 11 is 0. The molecular weight excluding hydrogens is 317 g/mol. The average Bonchev–Trinajstić information content (AvgIpc) is 2.62. The van der Waals surface area contributed by atoms with E-state index in [4.69, 9.17) is 0 Å². The van der Waals surface area contributed by atoms with E-state index in [0.717, 1.165) is 0 Å². The molecule has 7 nitrogen and oxygen atoms in total. The Morgan fingerprint density at radius 3 is 2.36 bits per heavy atom. The minimum atomic E-state index is -4.30. The number of nitrogens with one attached hydrogen (secondary N) is 1. The predicted octanol–water partition coefficient (Wildman–Crippen LogP) is -2.55. The van der Waals surface area contributed by atoms with Crippen LogP contribution < -0.4 is 40.4 Å². The van der Waals surface area contributed by atoms with Crippen molar-refractivity contribution in [1.29, 1.82) is 0 Å². The molecule has 1 aromatic heterocycles. The molecule has 9 heteroatoms. The van der Waals surface area contributed by atoms with Gasteiger partial charge in [0.05, 0.1) is 27.3 Å². The van der Waals surface area contributed by atoms with Crippen molar-refractivity contribution in [3.8, 4) is 5.69 Å². The van der Waals surface area contributed by atoms with Gasteiger partial charge in [-0.05, 0) is 19.1 Å². The van der Waals surface area contributed by atoms with Crippen molar-refractivity contribution in [2.45, 2.75) is 6.92 Å². The van der Waals surface area contributed by atoms with Crippen molar-refractivity contribution >= 4 is 15.8 Å². The molecule has 0 amide bonds. The van der Waals surface area contributed by atoms with Gasteiger partial charge in [0.2, 0.25) is 0 Å². The van der Waals surface area contributed by atoms with Crippen LogP contribution in [-0.4, -0.2) is 34.6 Å². The molecule has 0 radical (unpaired) electrons. The fourth-order valence-electron chi connectivity index (χ4n) is 2.07. The van der Waals surface area contributed by atoms with Gasteiger partial charge in [0.25, 0.3) is 5.56 Å². The summed E-state index contributed by atoms with van der Waals surface area (Å²) in [5, 5.41) is 2.74. The minimum Gasteiger partial charge on any atom is -0.748 e. The largest absolute Gasteiger partial charge is 1.00 e. The molecule has 0 aliphatic rings. The molecule has 0 aliphatic heterocycles. The fraction of sp³-hybridized carbons (Fsp3) is 0.308. The van der Waals surface area contributed by atoms with E-state index in [2.05, 4.69) is 5.32 Å². The quantitative estimate of drug-likeness (QED) is 0.480. The van der Waals surface area contributed by atoms with Gasteiger partial charge in [-0.2, -0.15) is 0 Å². The molecule has 0 spiro atoms. The standard InChI is InChI=1S/C13H17N3O4S.Na/c1-10-12(14-8-9-21(18,19)20)13(17)16(15(10)2)11-6-4-3-5-7-11;/h3-7,14H,8-9H2,1-2H3,(H,18,19,20);/q;+1/p-1. The number of aromatic nitrogens is 2. The number of hydrogen-bond acceptors (Lipinski definition) is 5.